The number of nitrogens with zero attached hydrogens (tertiary/aromatic N) is 1. The van der Waals surface area contributed by atoms with Gasteiger partial charge in [0, 0.05) is 47.4 Å². The van der Waals surface area contributed by atoms with E-state index in [1.807, 2.05) is 11.3 Å². The van der Waals surface area contributed by atoms with Gasteiger partial charge in [0.1, 0.15) is 11.2 Å². The zero-order chi connectivity index (χ0) is 31.8. The van der Waals surface area contributed by atoms with Crippen LogP contribution < -0.4 is 0 Å². The highest BCUT2D eigenvalue weighted by molar-refractivity contribution is 7.25. The third-order valence-corrected chi connectivity index (χ3v) is 11.9. The minimum absolute atomic E-state index is 0.922. The second-order valence-electron chi connectivity index (χ2n) is 13.2. The second kappa shape index (κ2) is 9.25. The molecule has 1 aliphatic rings. The molecule has 0 fully saturated rings. The van der Waals surface area contributed by atoms with Crippen molar-refractivity contribution in [1.29, 1.82) is 0 Å². The Hall–Kier alpha value is -6.16. The van der Waals surface area contributed by atoms with Gasteiger partial charge in [-0.15, -0.1) is 11.3 Å². The Morgan fingerprint density at radius 3 is 2.00 bits per heavy atom. The molecule has 0 amide bonds. The molecule has 3 heterocycles. The quantitative estimate of drug-likeness (QED) is 0.184. The number of hydrogen-bond donors (Lipinski definition) is 0. The molecule has 0 radical (unpaired) electrons. The maximum Gasteiger partial charge on any atom is 0.136 e. The first-order chi connectivity index (χ1) is 24.3. The lowest BCUT2D eigenvalue weighted by Gasteiger charge is -2.09. The molecule has 226 valence electrons. The Kier molecular flexibility index (Phi) is 4.89. The molecule has 0 bridgehead atoms. The maximum atomic E-state index is 6.56. The van der Waals surface area contributed by atoms with E-state index in [2.05, 4.69) is 156 Å². The van der Waals surface area contributed by atoms with Crippen LogP contribution in [0.1, 0.15) is 0 Å². The molecular formula is C46H25NOS. The van der Waals surface area contributed by atoms with Crippen LogP contribution in [0.5, 0.6) is 0 Å². The minimum Gasteiger partial charge on any atom is -0.456 e. The molecule has 0 saturated carbocycles. The van der Waals surface area contributed by atoms with E-state index < -0.39 is 0 Å². The van der Waals surface area contributed by atoms with Crippen LogP contribution in [0.2, 0.25) is 0 Å². The summed E-state index contributed by atoms with van der Waals surface area (Å²) in [5.74, 6) is 0. The summed E-state index contributed by atoms with van der Waals surface area (Å²) in [4.78, 5) is 0. The topological polar surface area (TPSA) is 18.1 Å². The summed E-state index contributed by atoms with van der Waals surface area (Å²) in [6.45, 7) is 0. The van der Waals surface area contributed by atoms with Crippen molar-refractivity contribution in [2.75, 3.05) is 0 Å². The Morgan fingerprint density at radius 1 is 0.388 bits per heavy atom. The molecule has 11 aromatic rings. The van der Waals surface area contributed by atoms with Gasteiger partial charge < -0.3 is 8.98 Å². The summed E-state index contributed by atoms with van der Waals surface area (Å²) in [5.41, 5.74) is 13.0. The highest BCUT2D eigenvalue weighted by Gasteiger charge is 2.24. The third-order valence-electron chi connectivity index (χ3n) is 10.7. The van der Waals surface area contributed by atoms with Crippen molar-refractivity contribution in [3.63, 3.8) is 0 Å². The van der Waals surface area contributed by atoms with Crippen LogP contribution >= 0.6 is 11.3 Å². The lowest BCUT2D eigenvalue weighted by atomic mass is 9.96. The zero-order valence-corrected chi connectivity index (χ0v) is 27.0. The van der Waals surface area contributed by atoms with Gasteiger partial charge in [-0.05, 0) is 105 Å². The van der Waals surface area contributed by atoms with Crippen LogP contribution in [0.4, 0.5) is 0 Å². The molecule has 3 aromatic heterocycles. The van der Waals surface area contributed by atoms with Gasteiger partial charge in [-0.3, -0.25) is 0 Å². The number of furan rings is 1. The average Bonchev–Trinajstić information content (AvgIpc) is 3.90. The van der Waals surface area contributed by atoms with Crippen molar-refractivity contribution in [3.05, 3.63) is 152 Å². The summed E-state index contributed by atoms with van der Waals surface area (Å²) in [7, 11) is 0. The largest absolute Gasteiger partial charge is 0.456 e. The fourth-order valence-electron chi connectivity index (χ4n) is 8.60. The number of rotatable bonds is 2. The SMILES string of the molecule is c1ccc2c(c1)-c1cccc3c1c-2cc1oc2ccc(-c4ccc5c(c4)c4ccccc4n5-c4ccc5sc6ccccc6c5c4)cc2c13. The Bertz CT molecular complexity index is 3230. The van der Waals surface area contributed by atoms with Gasteiger partial charge in [-0.1, -0.05) is 91.0 Å². The van der Waals surface area contributed by atoms with Crippen molar-refractivity contribution in [2.45, 2.75) is 0 Å². The van der Waals surface area contributed by atoms with E-state index in [0.29, 0.717) is 0 Å². The zero-order valence-electron chi connectivity index (χ0n) is 26.2. The van der Waals surface area contributed by atoms with Gasteiger partial charge in [-0.2, -0.15) is 0 Å². The van der Waals surface area contributed by atoms with Crippen molar-refractivity contribution >= 4 is 86.0 Å². The normalized spacial score (nSPS) is 12.5. The number of hydrogen-bond acceptors (Lipinski definition) is 2. The monoisotopic (exact) mass is 639 g/mol. The van der Waals surface area contributed by atoms with Crippen LogP contribution in [0.25, 0.3) is 114 Å². The molecule has 0 spiro atoms. The highest BCUT2D eigenvalue weighted by Crippen LogP contribution is 2.51. The Labute approximate surface area is 284 Å². The van der Waals surface area contributed by atoms with Crippen LogP contribution in [0.15, 0.2) is 156 Å². The molecule has 3 heteroatoms. The van der Waals surface area contributed by atoms with E-state index >= 15 is 0 Å². The number of aromatic nitrogens is 1. The maximum absolute atomic E-state index is 6.56. The van der Waals surface area contributed by atoms with E-state index in [1.165, 1.54) is 97.2 Å². The first-order valence-corrected chi connectivity index (χ1v) is 17.6. The predicted molar refractivity (Wildman–Crippen MR) is 208 cm³/mol. The molecule has 1 aliphatic carbocycles. The van der Waals surface area contributed by atoms with E-state index in [4.69, 9.17) is 4.42 Å². The summed E-state index contributed by atoms with van der Waals surface area (Å²) in [5, 5.41) is 10.1. The van der Waals surface area contributed by atoms with E-state index in [1.54, 1.807) is 0 Å². The van der Waals surface area contributed by atoms with Crippen molar-refractivity contribution in [2.24, 2.45) is 0 Å². The molecule has 12 rings (SSSR count). The summed E-state index contributed by atoms with van der Waals surface area (Å²) < 4.78 is 11.6. The van der Waals surface area contributed by atoms with Crippen LogP contribution in [-0.4, -0.2) is 4.57 Å². The second-order valence-corrected chi connectivity index (χ2v) is 14.3. The Balaban J connectivity index is 1.06. The highest BCUT2D eigenvalue weighted by atomic mass is 32.1. The van der Waals surface area contributed by atoms with Gasteiger partial charge in [0.25, 0.3) is 0 Å². The lowest BCUT2D eigenvalue weighted by Crippen LogP contribution is -1.93. The third kappa shape index (κ3) is 3.40. The van der Waals surface area contributed by atoms with Gasteiger partial charge in [0.15, 0.2) is 0 Å². The molecule has 8 aromatic carbocycles. The van der Waals surface area contributed by atoms with Crippen molar-refractivity contribution < 1.29 is 4.42 Å². The van der Waals surface area contributed by atoms with E-state index in [-0.39, 0.29) is 0 Å². The van der Waals surface area contributed by atoms with Gasteiger partial charge in [0.2, 0.25) is 0 Å². The van der Waals surface area contributed by atoms with Crippen LogP contribution in [0.3, 0.4) is 0 Å². The molecule has 0 aliphatic heterocycles. The first kappa shape index (κ1) is 25.9. The van der Waals surface area contributed by atoms with E-state index in [9.17, 15) is 0 Å². The summed E-state index contributed by atoms with van der Waals surface area (Å²) in [6.07, 6.45) is 0. The first-order valence-electron chi connectivity index (χ1n) is 16.8. The van der Waals surface area contributed by atoms with Gasteiger partial charge in [0.05, 0.1) is 11.0 Å². The molecule has 0 N–H and O–H groups in total. The number of fused-ring (bicyclic) bond motifs is 13. The average molecular weight is 640 g/mol. The summed E-state index contributed by atoms with van der Waals surface area (Å²) in [6, 6.07) is 55.7. The van der Waals surface area contributed by atoms with Crippen molar-refractivity contribution in [3.8, 4) is 39.1 Å². The lowest BCUT2D eigenvalue weighted by molar-refractivity contribution is 0.669. The number of para-hydroxylation sites is 1. The standard InChI is InChI=1S/C46H25NOS/c1-2-9-30-29(8-1)33-12-7-13-34-45(33)37(30)25-42-46(34)38-23-27(17-20-41(38)48-42)26-16-19-40-35(22-26)31-10-3-5-14-39(31)47(40)28-18-21-44-36(24-28)32-11-4-6-15-43(32)49-44/h1-25H. The molecule has 49 heavy (non-hydrogen) atoms. The Morgan fingerprint density at radius 2 is 1.08 bits per heavy atom. The van der Waals surface area contributed by atoms with Gasteiger partial charge >= 0.3 is 0 Å². The molecular weight excluding hydrogens is 615 g/mol. The minimum atomic E-state index is 0.922. The summed E-state index contributed by atoms with van der Waals surface area (Å²) >= 11 is 1.86. The van der Waals surface area contributed by atoms with Crippen LogP contribution in [0, 0.1) is 0 Å². The molecule has 0 saturated heterocycles. The fourth-order valence-corrected chi connectivity index (χ4v) is 9.69. The molecule has 0 atom stereocenters. The van der Waals surface area contributed by atoms with Gasteiger partial charge in [-0.25, -0.2) is 0 Å². The number of benzene rings is 8. The molecule has 0 unspecified atom stereocenters. The van der Waals surface area contributed by atoms with Crippen molar-refractivity contribution in [1.82, 2.24) is 4.57 Å². The van der Waals surface area contributed by atoms with Crippen LogP contribution in [-0.2, 0) is 0 Å². The predicted octanol–water partition coefficient (Wildman–Crippen LogP) is 13.5. The van der Waals surface area contributed by atoms with E-state index in [0.717, 1.165) is 16.6 Å². The smallest absolute Gasteiger partial charge is 0.136 e. The fraction of sp³-hybridized carbons (Fsp3) is 0. The molecule has 2 nitrogen and oxygen atoms in total. The number of thiophene rings is 1.